The van der Waals surface area contributed by atoms with Gasteiger partial charge in [0.05, 0.1) is 17.5 Å². The van der Waals surface area contributed by atoms with Crippen molar-refractivity contribution in [1.29, 1.82) is 0 Å². The molecule has 118 valence electrons. The third-order valence-electron chi connectivity index (χ3n) is 3.07. The number of fused-ring (bicyclic) bond motifs is 1. The minimum Gasteiger partial charge on any atom is -0.462 e. The van der Waals surface area contributed by atoms with E-state index in [-0.39, 0.29) is 11.3 Å². The number of alkyl halides is 1. The van der Waals surface area contributed by atoms with E-state index < -0.39 is 0 Å². The summed E-state index contributed by atoms with van der Waals surface area (Å²) >= 11 is 6.80. The molecule has 0 saturated carbocycles. The van der Waals surface area contributed by atoms with Crippen LogP contribution in [0.25, 0.3) is 0 Å². The molecule has 1 unspecified atom stereocenters. The normalized spacial score (nSPS) is 14.3. The highest BCUT2D eigenvalue weighted by molar-refractivity contribution is 7.16. The second-order valence-corrected chi connectivity index (χ2v) is 6.49. The molecule has 0 spiro atoms. The maximum Gasteiger partial charge on any atom is 0.341 e. The number of hydrogen-bond acceptors (Lipinski definition) is 5. The van der Waals surface area contributed by atoms with E-state index in [2.05, 4.69) is 5.32 Å². The molecule has 0 radical (unpaired) electrons. The number of aldehydes is 1. The average Bonchev–Trinajstić information content (AvgIpc) is 2.86. The highest BCUT2D eigenvalue weighted by Gasteiger charge is 2.25. The first-order valence-electron chi connectivity index (χ1n) is 7.13. The lowest BCUT2D eigenvalue weighted by atomic mass is 9.95. The molecule has 21 heavy (non-hydrogen) atoms. The number of aryl methyl sites for hydroxylation is 1. The van der Waals surface area contributed by atoms with E-state index >= 15 is 0 Å². The van der Waals surface area contributed by atoms with Crippen LogP contribution in [0.15, 0.2) is 0 Å². The molecule has 1 N–H and O–H groups in total. The topological polar surface area (TPSA) is 55.4 Å². The second kappa shape index (κ2) is 9.05. The van der Waals surface area contributed by atoms with E-state index in [4.69, 9.17) is 16.3 Å². The van der Waals surface area contributed by atoms with Crippen molar-refractivity contribution in [3.63, 3.8) is 0 Å². The number of esters is 1. The summed E-state index contributed by atoms with van der Waals surface area (Å²) in [5.74, 6) is -0.175. The van der Waals surface area contributed by atoms with Crippen LogP contribution in [-0.2, 0) is 22.4 Å². The minimum absolute atomic E-state index is 0.175. The Balaban J connectivity index is 0.000000383. The van der Waals surface area contributed by atoms with Crippen molar-refractivity contribution in [2.75, 3.05) is 19.0 Å². The molecule has 1 aliphatic rings. The molecule has 0 saturated heterocycles. The Morgan fingerprint density at radius 3 is 2.62 bits per heavy atom. The molecule has 0 aromatic carbocycles. The van der Waals surface area contributed by atoms with Crippen molar-refractivity contribution >= 4 is 40.2 Å². The smallest absolute Gasteiger partial charge is 0.341 e. The molecule has 0 fully saturated rings. The van der Waals surface area contributed by atoms with Crippen molar-refractivity contribution in [1.82, 2.24) is 0 Å². The van der Waals surface area contributed by atoms with E-state index in [9.17, 15) is 9.59 Å². The van der Waals surface area contributed by atoms with Gasteiger partial charge in [-0.05, 0) is 45.1 Å². The maximum absolute atomic E-state index is 11.9. The predicted molar refractivity (Wildman–Crippen MR) is 87.8 cm³/mol. The number of rotatable bonds is 4. The van der Waals surface area contributed by atoms with Gasteiger partial charge in [-0.2, -0.15) is 0 Å². The van der Waals surface area contributed by atoms with Crippen LogP contribution >= 0.6 is 22.9 Å². The van der Waals surface area contributed by atoms with Crippen LogP contribution in [0.2, 0.25) is 0 Å². The summed E-state index contributed by atoms with van der Waals surface area (Å²) in [7, 11) is 1.86. The van der Waals surface area contributed by atoms with Crippen LogP contribution in [0, 0.1) is 0 Å². The number of carbonyl (C=O) groups excluding carboxylic acids is 2. The third-order valence-corrected chi connectivity index (χ3v) is 4.48. The van der Waals surface area contributed by atoms with Crippen LogP contribution in [0.4, 0.5) is 5.00 Å². The zero-order valence-corrected chi connectivity index (χ0v) is 14.3. The Bertz CT molecular complexity index is 486. The predicted octanol–water partition coefficient (Wildman–Crippen LogP) is 3.66. The Labute approximate surface area is 134 Å². The molecule has 1 aromatic rings. The average molecular weight is 332 g/mol. The van der Waals surface area contributed by atoms with Crippen LogP contribution in [-0.4, -0.2) is 31.3 Å². The first-order valence-corrected chi connectivity index (χ1v) is 8.39. The SMILES string of the molecule is CC(Cl)C=O.CCOC(=O)c1c(NC)sc2c1CCCC2. The highest BCUT2D eigenvalue weighted by atomic mass is 35.5. The molecule has 1 aromatic heterocycles. The lowest BCUT2D eigenvalue weighted by Gasteiger charge is -2.12. The fourth-order valence-electron chi connectivity index (χ4n) is 2.16. The maximum atomic E-state index is 11.9. The van der Waals surface area contributed by atoms with Crippen molar-refractivity contribution in [2.45, 2.75) is 44.9 Å². The van der Waals surface area contributed by atoms with Gasteiger partial charge in [0, 0.05) is 11.9 Å². The van der Waals surface area contributed by atoms with Gasteiger partial charge in [0.15, 0.2) is 0 Å². The Morgan fingerprint density at radius 1 is 1.48 bits per heavy atom. The summed E-state index contributed by atoms with van der Waals surface area (Å²) in [6.45, 7) is 3.90. The number of nitrogens with one attached hydrogen (secondary N) is 1. The highest BCUT2D eigenvalue weighted by Crippen LogP contribution is 2.38. The molecule has 0 bridgehead atoms. The van der Waals surface area contributed by atoms with Gasteiger partial charge in [0.25, 0.3) is 0 Å². The number of thiophene rings is 1. The summed E-state index contributed by atoms with van der Waals surface area (Å²) in [6.07, 6.45) is 5.22. The molecule has 1 aliphatic carbocycles. The van der Waals surface area contributed by atoms with Crippen molar-refractivity contribution in [3.8, 4) is 0 Å². The molecule has 0 amide bonds. The fraction of sp³-hybridized carbons (Fsp3) is 0.600. The van der Waals surface area contributed by atoms with E-state index in [0.29, 0.717) is 12.9 Å². The molecule has 6 heteroatoms. The zero-order valence-electron chi connectivity index (χ0n) is 12.7. The monoisotopic (exact) mass is 331 g/mol. The Morgan fingerprint density at radius 2 is 2.10 bits per heavy atom. The van der Waals surface area contributed by atoms with Crippen molar-refractivity contribution in [3.05, 3.63) is 16.0 Å². The molecular formula is C15H22ClNO3S. The minimum atomic E-state index is -0.324. The second-order valence-electron chi connectivity index (χ2n) is 4.70. The number of carbonyl (C=O) groups is 2. The van der Waals surface area contributed by atoms with Crippen LogP contribution in [0.5, 0.6) is 0 Å². The van der Waals surface area contributed by atoms with E-state index in [1.165, 1.54) is 23.3 Å². The molecule has 4 nitrogen and oxygen atoms in total. The van der Waals surface area contributed by atoms with Crippen LogP contribution < -0.4 is 5.32 Å². The van der Waals surface area contributed by atoms with Gasteiger partial charge in [-0.15, -0.1) is 22.9 Å². The first-order chi connectivity index (χ1) is 10.0. The van der Waals surface area contributed by atoms with Gasteiger partial charge in [-0.3, -0.25) is 0 Å². The Kier molecular flexibility index (Phi) is 7.75. The number of anilines is 1. The van der Waals surface area contributed by atoms with Gasteiger partial charge >= 0.3 is 5.97 Å². The van der Waals surface area contributed by atoms with Gasteiger partial charge in [0.1, 0.15) is 11.3 Å². The quantitative estimate of drug-likeness (QED) is 0.519. The van der Waals surface area contributed by atoms with Crippen LogP contribution in [0.1, 0.15) is 47.5 Å². The lowest BCUT2D eigenvalue weighted by molar-refractivity contribution is -0.107. The third kappa shape index (κ3) is 5.00. The zero-order chi connectivity index (χ0) is 15.8. The summed E-state index contributed by atoms with van der Waals surface area (Å²) < 4.78 is 5.12. The number of hydrogen-bond donors (Lipinski definition) is 1. The summed E-state index contributed by atoms with van der Waals surface area (Å²) in [6, 6.07) is 0. The molecule has 1 atom stereocenters. The summed E-state index contributed by atoms with van der Waals surface area (Å²) in [5.41, 5.74) is 2.00. The van der Waals surface area contributed by atoms with E-state index in [0.717, 1.165) is 23.4 Å². The van der Waals surface area contributed by atoms with E-state index in [1.54, 1.807) is 18.3 Å². The van der Waals surface area contributed by atoms with Gasteiger partial charge < -0.3 is 14.8 Å². The molecule has 2 rings (SSSR count). The van der Waals surface area contributed by atoms with Gasteiger partial charge in [0.2, 0.25) is 0 Å². The van der Waals surface area contributed by atoms with Crippen molar-refractivity contribution in [2.24, 2.45) is 0 Å². The lowest BCUT2D eigenvalue weighted by Crippen LogP contribution is -2.10. The molecule has 0 aliphatic heterocycles. The largest absolute Gasteiger partial charge is 0.462 e. The summed E-state index contributed by atoms with van der Waals surface area (Å²) in [5, 5.41) is 3.75. The van der Waals surface area contributed by atoms with Crippen molar-refractivity contribution < 1.29 is 14.3 Å². The standard InChI is InChI=1S/C12H17NO2S.C3H5ClO/c1-3-15-12(14)10-8-6-4-5-7-9(8)16-11(10)13-2;1-3(4)2-5/h13H,3-7H2,1-2H3;2-3H,1H3. The van der Waals surface area contributed by atoms with Crippen LogP contribution in [0.3, 0.4) is 0 Å². The fourth-order valence-corrected chi connectivity index (χ4v) is 3.39. The van der Waals surface area contributed by atoms with E-state index in [1.807, 2.05) is 14.0 Å². The number of halogens is 1. The van der Waals surface area contributed by atoms with Gasteiger partial charge in [-0.25, -0.2) is 4.79 Å². The number of ether oxygens (including phenoxy) is 1. The summed E-state index contributed by atoms with van der Waals surface area (Å²) in [4.78, 5) is 22.6. The molecule has 1 heterocycles. The van der Waals surface area contributed by atoms with Gasteiger partial charge in [-0.1, -0.05) is 0 Å². The first kappa shape index (κ1) is 18.0. The molecular weight excluding hydrogens is 310 g/mol. The Hall–Kier alpha value is -1.07.